The standard InChI is InChI=1S/C15H16O4/c1-2-9-17-14-6-3-4-7-15(14)19-11-12(16)13-8-5-10-18-13/h3-8,10H,2,9,11H2,1H3. The molecule has 0 aliphatic carbocycles. The number of hydrogen-bond donors (Lipinski definition) is 0. The third kappa shape index (κ3) is 3.61. The van der Waals surface area contributed by atoms with Crippen LogP contribution in [0, 0.1) is 0 Å². The Morgan fingerprint density at radius 2 is 1.84 bits per heavy atom. The molecule has 0 aliphatic rings. The van der Waals surface area contributed by atoms with Crippen molar-refractivity contribution in [3.63, 3.8) is 0 Å². The molecule has 0 aliphatic heterocycles. The van der Waals surface area contributed by atoms with E-state index in [4.69, 9.17) is 13.9 Å². The number of benzene rings is 1. The fraction of sp³-hybridized carbons (Fsp3) is 0.267. The van der Waals surface area contributed by atoms with Crippen LogP contribution in [0.1, 0.15) is 23.9 Å². The van der Waals surface area contributed by atoms with E-state index >= 15 is 0 Å². The molecule has 100 valence electrons. The van der Waals surface area contributed by atoms with Gasteiger partial charge in [0, 0.05) is 0 Å². The molecule has 0 saturated carbocycles. The highest BCUT2D eigenvalue weighted by Gasteiger charge is 2.11. The van der Waals surface area contributed by atoms with Crippen molar-refractivity contribution in [3.8, 4) is 11.5 Å². The fourth-order valence-electron chi connectivity index (χ4n) is 1.55. The van der Waals surface area contributed by atoms with Crippen LogP contribution >= 0.6 is 0 Å². The van der Waals surface area contributed by atoms with Crippen molar-refractivity contribution >= 4 is 5.78 Å². The summed E-state index contributed by atoms with van der Waals surface area (Å²) in [4.78, 5) is 11.7. The van der Waals surface area contributed by atoms with Crippen molar-refractivity contribution in [1.29, 1.82) is 0 Å². The van der Waals surface area contributed by atoms with Crippen LogP contribution in [0.15, 0.2) is 47.1 Å². The number of para-hydroxylation sites is 2. The second kappa shape index (κ2) is 6.64. The normalized spacial score (nSPS) is 10.2. The summed E-state index contributed by atoms with van der Waals surface area (Å²) in [5.74, 6) is 1.31. The van der Waals surface area contributed by atoms with Crippen LogP contribution in [-0.2, 0) is 0 Å². The summed E-state index contributed by atoms with van der Waals surface area (Å²) in [5.41, 5.74) is 0. The van der Waals surface area contributed by atoms with Gasteiger partial charge in [0.05, 0.1) is 12.9 Å². The molecule has 19 heavy (non-hydrogen) atoms. The van der Waals surface area contributed by atoms with Gasteiger partial charge in [-0.2, -0.15) is 0 Å². The van der Waals surface area contributed by atoms with E-state index in [0.717, 1.165) is 6.42 Å². The minimum absolute atomic E-state index is 0.0694. The van der Waals surface area contributed by atoms with E-state index in [1.807, 2.05) is 25.1 Å². The molecule has 1 aromatic carbocycles. The smallest absolute Gasteiger partial charge is 0.235 e. The highest BCUT2D eigenvalue weighted by Crippen LogP contribution is 2.26. The van der Waals surface area contributed by atoms with E-state index in [2.05, 4.69) is 0 Å². The lowest BCUT2D eigenvalue weighted by molar-refractivity contribution is 0.0891. The maximum Gasteiger partial charge on any atom is 0.235 e. The summed E-state index contributed by atoms with van der Waals surface area (Å²) in [6.07, 6.45) is 2.38. The Hall–Kier alpha value is -2.23. The van der Waals surface area contributed by atoms with Crippen LogP contribution in [0.5, 0.6) is 11.5 Å². The van der Waals surface area contributed by atoms with Crippen LogP contribution in [0.25, 0.3) is 0 Å². The largest absolute Gasteiger partial charge is 0.490 e. The Morgan fingerprint density at radius 1 is 1.11 bits per heavy atom. The van der Waals surface area contributed by atoms with E-state index in [9.17, 15) is 4.79 Å². The fourth-order valence-corrected chi connectivity index (χ4v) is 1.55. The molecule has 0 radical (unpaired) electrons. The van der Waals surface area contributed by atoms with Gasteiger partial charge in [0.2, 0.25) is 5.78 Å². The lowest BCUT2D eigenvalue weighted by atomic mass is 10.3. The Kier molecular flexibility index (Phi) is 4.61. The van der Waals surface area contributed by atoms with Crippen molar-refractivity contribution < 1.29 is 18.7 Å². The molecule has 0 amide bonds. The summed E-state index contributed by atoms with van der Waals surface area (Å²) in [5, 5.41) is 0. The van der Waals surface area contributed by atoms with Gasteiger partial charge < -0.3 is 13.9 Å². The highest BCUT2D eigenvalue weighted by atomic mass is 16.5. The summed E-state index contributed by atoms with van der Waals surface area (Å²) in [6, 6.07) is 10.6. The number of ether oxygens (including phenoxy) is 2. The molecule has 4 nitrogen and oxygen atoms in total. The lowest BCUT2D eigenvalue weighted by Crippen LogP contribution is -2.11. The third-order valence-corrected chi connectivity index (χ3v) is 2.47. The molecule has 0 bridgehead atoms. The minimum Gasteiger partial charge on any atom is -0.490 e. The molecule has 2 rings (SSSR count). The van der Waals surface area contributed by atoms with Gasteiger partial charge in [-0.3, -0.25) is 4.79 Å². The van der Waals surface area contributed by atoms with Crippen molar-refractivity contribution in [2.24, 2.45) is 0 Å². The predicted octanol–water partition coefficient (Wildman–Crippen LogP) is 3.33. The van der Waals surface area contributed by atoms with Crippen molar-refractivity contribution in [2.45, 2.75) is 13.3 Å². The maximum absolute atomic E-state index is 11.7. The SMILES string of the molecule is CCCOc1ccccc1OCC(=O)c1ccco1. The first-order chi connectivity index (χ1) is 9.31. The maximum atomic E-state index is 11.7. The quantitative estimate of drug-likeness (QED) is 0.716. The number of hydrogen-bond acceptors (Lipinski definition) is 4. The minimum atomic E-state index is -0.199. The van der Waals surface area contributed by atoms with Crippen LogP contribution in [0.3, 0.4) is 0 Å². The van der Waals surface area contributed by atoms with E-state index in [0.29, 0.717) is 23.9 Å². The Morgan fingerprint density at radius 3 is 2.47 bits per heavy atom. The first-order valence-corrected chi connectivity index (χ1v) is 6.22. The topological polar surface area (TPSA) is 48.7 Å². The lowest BCUT2D eigenvalue weighted by Gasteiger charge is -2.11. The summed E-state index contributed by atoms with van der Waals surface area (Å²) in [7, 11) is 0. The molecule has 0 fully saturated rings. The average Bonchev–Trinajstić information content (AvgIpc) is 2.97. The van der Waals surface area contributed by atoms with E-state index < -0.39 is 0 Å². The van der Waals surface area contributed by atoms with E-state index in [1.165, 1.54) is 6.26 Å². The van der Waals surface area contributed by atoms with Gasteiger partial charge in [-0.15, -0.1) is 0 Å². The monoisotopic (exact) mass is 260 g/mol. The molecule has 2 aromatic rings. The van der Waals surface area contributed by atoms with Crippen molar-refractivity contribution in [1.82, 2.24) is 0 Å². The van der Waals surface area contributed by atoms with Crippen LogP contribution < -0.4 is 9.47 Å². The highest BCUT2D eigenvalue weighted by molar-refractivity contribution is 5.94. The number of rotatable bonds is 7. The summed E-state index contributed by atoms with van der Waals surface area (Å²) < 4.78 is 16.1. The van der Waals surface area contributed by atoms with Crippen molar-refractivity contribution in [3.05, 3.63) is 48.4 Å². The number of carbonyl (C=O) groups excluding carboxylic acids is 1. The van der Waals surface area contributed by atoms with Crippen LogP contribution in [-0.4, -0.2) is 19.0 Å². The Bertz CT molecular complexity index is 517. The molecular weight excluding hydrogens is 244 g/mol. The third-order valence-electron chi connectivity index (χ3n) is 2.47. The van der Waals surface area contributed by atoms with Gasteiger partial charge in [-0.25, -0.2) is 0 Å². The van der Waals surface area contributed by atoms with Gasteiger partial charge in [0.25, 0.3) is 0 Å². The first-order valence-electron chi connectivity index (χ1n) is 6.22. The molecular formula is C15H16O4. The Labute approximate surface area is 111 Å². The van der Waals surface area contributed by atoms with Gasteiger partial charge in [0.15, 0.2) is 23.9 Å². The zero-order valence-corrected chi connectivity index (χ0v) is 10.8. The zero-order valence-electron chi connectivity index (χ0n) is 10.8. The predicted molar refractivity (Wildman–Crippen MR) is 70.8 cm³/mol. The average molecular weight is 260 g/mol. The van der Waals surface area contributed by atoms with Gasteiger partial charge in [-0.1, -0.05) is 19.1 Å². The second-order valence-corrected chi connectivity index (χ2v) is 3.98. The van der Waals surface area contributed by atoms with Gasteiger partial charge in [0.1, 0.15) is 0 Å². The number of furan rings is 1. The zero-order chi connectivity index (χ0) is 13.5. The second-order valence-electron chi connectivity index (χ2n) is 3.98. The molecule has 0 unspecified atom stereocenters. The molecule has 0 spiro atoms. The number of carbonyl (C=O) groups is 1. The van der Waals surface area contributed by atoms with Gasteiger partial charge in [-0.05, 0) is 30.7 Å². The Balaban J connectivity index is 1.97. The number of Topliss-reactive ketones (excluding diaryl/α,β-unsaturated/α-hetero) is 1. The molecule has 0 N–H and O–H groups in total. The summed E-state index contributed by atoms with van der Waals surface area (Å²) >= 11 is 0. The van der Waals surface area contributed by atoms with Crippen LogP contribution in [0.4, 0.5) is 0 Å². The molecule has 1 heterocycles. The molecule has 0 atom stereocenters. The molecule has 0 saturated heterocycles. The summed E-state index contributed by atoms with van der Waals surface area (Å²) in [6.45, 7) is 2.58. The number of ketones is 1. The van der Waals surface area contributed by atoms with E-state index in [1.54, 1.807) is 18.2 Å². The van der Waals surface area contributed by atoms with Crippen LogP contribution in [0.2, 0.25) is 0 Å². The van der Waals surface area contributed by atoms with E-state index in [-0.39, 0.29) is 12.4 Å². The van der Waals surface area contributed by atoms with Crippen molar-refractivity contribution in [2.75, 3.05) is 13.2 Å². The molecule has 4 heteroatoms. The molecule has 1 aromatic heterocycles. The van der Waals surface area contributed by atoms with Gasteiger partial charge >= 0.3 is 0 Å². The first kappa shape index (κ1) is 13.2.